The quantitative estimate of drug-likeness (QED) is 0.751. The summed E-state index contributed by atoms with van der Waals surface area (Å²) in [5.41, 5.74) is 0.219. The average molecular weight is 360 g/mol. The number of aromatic nitrogens is 2. The summed E-state index contributed by atoms with van der Waals surface area (Å²) in [5.74, 6) is 1.35. The molecule has 1 amide bonds. The van der Waals surface area contributed by atoms with Gasteiger partial charge in [0.25, 0.3) is 5.91 Å². The zero-order valence-corrected chi connectivity index (χ0v) is 15.1. The van der Waals surface area contributed by atoms with E-state index < -0.39 is 5.60 Å². The molecule has 1 aromatic carbocycles. The number of anilines is 1. The summed E-state index contributed by atoms with van der Waals surface area (Å²) >= 11 is 5.87. The van der Waals surface area contributed by atoms with Crippen LogP contribution in [0.25, 0.3) is 11.1 Å². The van der Waals surface area contributed by atoms with Gasteiger partial charge in [0.2, 0.25) is 5.71 Å². The van der Waals surface area contributed by atoms with Gasteiger partial charge in [0.15, 0.2) is 5.60 Å². The van der Waals surface area contributed by atoms with Gasteiger partial charge in [0.05, 0.1) is 5.39 Å². The van der Waals surface area contributed by atoms with Gasteiger partial charge < -0.3 is 14.5 Å². The summed E-state index contributed by atoms with van der Waals surface area (Å²) in [5, 5.41) is 4.10. The number of hydrogen-bond donors (Lipinski definition) is 1. The van der Waals surface area contributed by atoms with Crippen LogP contribution in [0.4, 0.5) is 5.82 Å². The normalized spacial score (nSPS) is 11.6. The van der Waals surface area contributed by atoms with E-state index in [-0.39, 0.29) is 5.91 Å². The number of rotatable bonds is 4. The van der Waals surface area contributed by atoms with Crippen molar-refractivity contribution in [2.45, 2.75) is 33.3 Å². The second-order valence-corrected chi connectivity index (χ2v) is 6.64. The van der Waals surface area contributed by atoms with Gasteiger partial charge in [-0.3, -0.25) is 4.79 Å². The topological polar surface area (TPSA) is 77.3 Å². The van der Waals surface area contributed by atoms with Crippen molar-refractivity contribution in [3.63, 3.8) is 0 Å². The minimum atomic E-state index is -1.11. The number of nitrogens with one attached hydrogen (secondary N) is 1. The summed E-state index contributed by atoms with van der Waals surface area (Å²) in [7, 11) is 0. The molecule has 0 bridgehead atoms. The molecule has 0 saturated heterocycles. The number of nitrogens with zero attached hydrogens (tertiary/aromatic N) is 2. The van der Waals surface area contributed by atoms with Crippen LogP contribution in [0, 0.1) is 13.8 Å². The number of carbonyl (C=O) groups excluding carboxylic acids is 1. The molecule has 3 rings (SSSR count). The number of hydrogen-bond acceptors (Lipinski definition) is 5. The van der Waals surface area contributed by atoms with E-state index in [1.165, 1.54) is 6.33 Å². The summed E-state index contributed by atoms with van der Waals surface area (Å²) in [4.78, 5) is 21.0. The van der Waals surface area contributed by atoms with Crippen LogP contribution in [0.2, 0.25) is 5.02 Å². The van der Waals surface area contributed by atoms with Crippen LogP contribution >= 0.6 is 11.6 Å². The van der Waals surface area contributed by atoms with Gasteiger partial charge in [-0.05, 0) is 52.0 Å². The van der Waals surface area contributed by atoms with Crippen molar-refractivity contribution in [1.29, 1.82) is 0 Å². The molecule has 6 nitrogen and oxygen atoms in total. The zero-order valence-electron chi connectivity index (χ0n) is 14.4. The molecule has 0 unspecified atom stereocenters. The molecule has 0 spiro atoms. The SMILES string of the molecule is Cc1oc2ncnc(NC(=O)C(C)(C)Oc3ccc(Cl)cc3)c2c1C. The molecule has 3 aromatic rings. The Morgan fingerprint density at radius 3 is 2.56 bits per heavy atom. The molecule has 0 aliphatic carbocycles. The predicted octanol–water partition coefficient (Wildman–Crippen LogP) is 4.29. The van der Waals surface area contributed by atoms with Gasteiger partial charge in [0, 0.05) is 10.6 Å². The highest BCUT2D eigenvalue weighted by Gasteiger charge is 2.31. The number of halogens is 1. The van der Waals surface area contributed by atoms with Crippen molar-refractivity contribution in [3.05, 3.63) is 46.9 Å². The van der Waals surface area contributed by atoms with Crippen LogP contribution in [-0.4, -0.2) is 21.5 Å². The number of ether oxygens (including phenoxy) is 1. The molecule has 7 heteroatoms. The number of fused-ring (bicyclic) bond motifs is 1. The van der Waals surface area contributed by atoms with Crippen LogP contribution in [0.1, 0.15) is 25.2 Å². The van der Waals surface area contributed by atoms with E-state index in [1.54, 1.807) is 38.1 Å². The lowest BCUT2D eigenvalue weighted by Gasteiger charge is -2.25. The maximum Gasteiger partial charge on any atom is 0.269 e. The van der Waals surface area contributed by atoms with Crippen molar-refractivity contribution in [1.82, 2.24) is 9.97 Å². The molecule has 0 atom stereocenters. The van der Waals surface area contributed by atoms with E-state index in [0.29, 0.717) is 27.7 Å². The summed E-state index contributed by atoms with van der Waals surface area (Å²) in [6.07, 6.45) is 1.35. The fraction of sp³-hybridized carbons (Fsp3) is 0.278. The summed E-state index contributed by atoms with van der Waals surface area (Å²) < 4.78 is 11.4. The molecule has 2 heterocycles. The monoisotopic (exact) mass is 359 g/mol. The lowest BCUT2D eigenvalue weighted by molar-refractivity contribution is -0.128. The first kappa shape index (κ1) is 17.2. The third-order valence-electron chi connectivity index (χ3n) is 3.93. The second kappa shape index (κ2) is 6.37. The molecule has 0 fully saturated rings. The van der Waals surface area contributed by atoms with Crippen molar-refractivity contribution in [2.75, 3.05) is 5.32 Å². The molecule has 0 aliphatic heterocycles. The van der Waals surface area contributed by atoms with Crippen LogP contribution in [0.15, 0.2) is 35.0 Å². The molecular formula is C18H18ClN3O3. The average Bonchev–Trinajstić information content (AvgIpc) is 2.85. The molecule has 0 saturated carbocycles. The van der Waals surface area contributed by atoms with Gasteiger partial charge >= 0.3 is 0 Å². The van der Waals surface area contributed by atoms with Crippen molar-refractivity contribution in [2.24, 2.45) is 0 Å². The van der Waals surface area contributed by atoms with Crippen molar-refractivity contribution < 1.29 is 13.9 Å². The first-order chi connectivity index (χ1) is 11.8. The number of benzene rings is 1. The standard InChI is InChI=1S/C18H18ClN3O3/c1-10-11(2)24-16-14(10)15(20-9-21-16)22-17(23)18(3,4)25-13-7-5-12(19)6-8-13/h5-9H,1-4H3,(H,20,21,22,23). The van der Waals surface area contributed by atoms with Crippen LogP contribution in [0.5, 0.6) is 5.75 Å². The van der Waals surface area contributed by atoms with Crippen molar-refractivity contribution >= 4 is 34.4 Å². The Bertz CT molecular complexity index is 933. The summed E-state index contributed by atoms with van der Waals surface area (Å²) in [6, 6.07) is 6.83. The number of amides is 1. The Morgan fingerprint density at radius 1 is 1.20 bits per heavy atom. The Hall–Kier alpha value is -2.60. The largest absolute Gasteiger partial charge is 0.478 e. The Balaban J connectivity index is 1.85. The molecule has 0 aliphatic rings. The lowest BCUT2D eigenvalue weighted by atomic mass is 10.1. The van der Waals surface area contributed by atoms with E-state index in [9.17, 15) is 4.79 Å². The highest BCUT2D eigenvalue weighted by Crippen LogP contribution is 2.29. The fourth-order valence-corrected chi connectivity index (χ4v) is 2.50. The lowest BCUT2D eigenvalue weighted by Crippen LogP contribution is -2.42. The first-order valence-electron chi connectivity index (χ1n) is 7.74. The van der Waals surface area contributed by atoms with Crippen LogP contribution in [-0.2, 0) is 4.79 Å². The Labute approximate surface area is 150 Å². The number of aryl methyl sites for hydroxylation is 2. The Kier molecular flexibility index (Phi) is 4.39. The van der Waals surface area contributed by atoms with E-state index >= 15 is 0 Å². The van der Waals surface area contributed by atoms with Crippen LogP contribution < -0.4 is 10.1 Å². The zero-order chi connectivity index (χ0) is 18.2. The highest BCUT2D eigenvalue weighted by molar-refractivity contribution is 6.30. The number of furan rings is 1. The van der Waals surface area contributed by atoms with Gasteiger partial charge in [0.1, 0.15) is 23.7 Å². The highest BCUT2D eigenvalue weighted by atomic mass is 35.5. The van der Waals surface area contributed by atoms with Crippen molar-refractivity contribution in [3.8, 4) is 5.75 Å². The van der Waals surface area contributed by atoms with Crippen LogP contribution in [0.3, 0.4) is 0 Å². The van der Waals surface area contributed by atoms with Gasteiger partial charge in [-0.1, -0.05) is 11.6 Å². The van der Waals surface area contributed by atoms with Gasteiger partial charge in [-0.2, -0.15) is 0 Å². The van der Waals surface area contributed by atoms with E-state index in [4.69, 9.17) is 20.8 Å². The van der Waals surface area contributed by atoms with E-state index in [0.717, 1.165) is 11.3 Å². The summed E-state index contributed by atoms with van der Waals surface area (Å²) in [6.45, 7) is 7.11. The predicted molar refractivity (Wildman–Crippen MR) is 96.1 cm³/mol. The molecule has 25 heavy (non-hydrogen) atoms. The minimum absolute atomic E-state index is 0.333. The molecule has 130 valence electrons. The molecular weight excluding hydrogens is 342 g/mol. The third kappa shape index (κ3) is 3.44. The third-order valence-corrected chi connectivity index (χ3v) is 4.18. The van der Waals surface area contributed by atoms with Gasteiger partial charge in [-0.15, -0.1) is 0 Å². The van der Waals surface area contributed by atoms with E-state index in [2.05, 4.69) is 15.3 Å². The molecule has 0 radical (unpaired) electrons. The maximum absolute atomic E-state index is 12.7. The fourth-order valence-electron chi connectivity index (χ4n) is 2.38. The maximum atomic E-state index is 12.7. The molecule has 2 aromatic heterocycles. The molecule has 1 N–H and O–H groups in total. The first-order valence-corrected chi connectivity index (χ1v) is 8.12. The van der Waals surface area contributed by atoms with E-state index in [1.807, 2.05) is 13.8 Å². The van der Waals surface area contributed by atoms with Gasteiger partial charge in [-0.25, -0.2) is 9.97 Å². The Morgan fingerprint density at radius 2 is 1.88 bits per heavy atom. The minimum Gasteiger partial charge on any atom is -0.478 e. The smallest absolute Gasteiger partial charge is 0.269 e. The second-order valence-electron chi connectivity index (χ2n) is 6.21. The number of carbonyl (C=O) groups is 1.